The number of amides is 1. The third-order valence-electron chi connectivity index (χ3n) is 3.51. The fourth-order valence-electron chi connectivity index (χ4n) is 2.53. The van der Waals surface area contributed by atoms with Gasteiger partial charge in [0, 0.05) is 0 Å². The number of hydrogen-bond acceptors (Lipinski definition) is 4. The number of carbonyl (C=O) groups is 1. The Bertz CT molecular complexity index is 748. The molecular weight excluding hydrogens is 286 g/mol. The van der Waals surface area contributed by atoms with E-state index in [9.17, 15) is 4.79 Å². The normalized spacial score (nSPS) is 18.8. The van der Waals surface area contributed by atoms with Crippen molar-refractivity contribution in [1.82, 2.24) is 14.9 Å². The lowest BCUT2D eigenvalue weighted by molar-refractivity contribution is -0.128. The van der Waals surface area contributed by atoms with Crippen molar-refractivity contribution in [2.45, 2.75) is 11.9 Å². The van der Waals surface area contributed by atoms with Crippen LogP contribution < -0.4 is 0 Å². The molecule has 106 valence electrons. The second-order valence-electron chi connectivity index (χ2n) is 4.90. The Balaban J connectivity index is 1.63. The van der Waals surface area contributed by atoms with Gasteiger partial charge in [-0.2, -0.15) is 0 Å². The maximum Gasteiger partial charge on any atom is 0.234 e. The van der Waals surface area contributed by atoms with Crippen molar-refractivity contribution < 1.29 is 9.21 Å². The highest BCUT2D eigenvalue weighted by Gasteiger charge is 2.35. The fourth-order valence-corrected chi connectivity index (χ4v) is 3.67. The van der Waals surface area contributed by atoms with Crippen molar-refractivity contribution in [3.05, 3.63) is 54.2 Å². The number of para-hydroxylation sites is 2. The number of H-pyrrole nitrogens is 1. The van der Waals surface area contributed by atoms with Crippen LogP contribution in [0.4, 0.5) is 0 Å². The molecule has 0 saturated carbocycles. The number of furan rings is 1. The Hall–Kier alpha value is -2.21. The number of nitrogens with zero attached hydrogens (tertiary/aromatic N) is 2. The zero-order valence-electron chi connectivity index (χ0n) is 11.2. The molecule has 21 heavy (non-hydrogen) atoms. The Kier molecular flexibility index (Phi) is 2.96. The number of carbonyl (C=O) groups excluding carboxylic acids is 1. The van der Waals surface area contributed by atoms with Crippen LogP contribution in [0.3, 0.4) is 0 Å². The van der Waals surface area contributed by atoms with Gasteiger partial charge in [0.25, 0.3) is 0 Å². The summed E-state index contributed by atoms with van der Waals surface area (Å²) in [6.07, 6.45) is 1.64. The van der Waals surface area contributed by atoms with Crippen LogP contribution in [0.2, 0.25) is 0 Å². The van der Waals surface area contributed by atoms with Gasteiger partial charge in [0.2, 0.25) is 5.91 Å². The van der Waals surface area contributed by atoms with Gasteiger partial charge in [-0.25, -0.2) is 4.98 Å². The zero-order chi connectivity index (χ0) is 14.2. The lowest BCUT2D eigenvalue weighted by atomic mass is 10.3. The van der Waals surface area contributed by atoms with E-state index in [1.54, 1.807) is 22.9 Å². The molecule has 5 nitrogen and oxygen atoms in total. The molecule has 1 unspecified atom stereocenters. The lowest BCUT2D eigenvalue weighted by Crippen LogP contribution is -2.28. The van der Waals surface area contributed by atoms with E-state index < -0.39 is 0 Å². The first-order chi connectivity index (χ1) is 10.3. The molecule has 3 aromatic rings. The quantitative estimate of drug-likeness (QED) is 0.807. The van der Waals surface area contributed by atoms with E-state index in [0.29, 0.717) is 12.3 Å². The van der Waals surface area contributed by atoms with Gasteiger partial charge in [0.05, 0.1) is 29.6 Å². The average Bonchev–Trinajstić information content (AvgIpc) is 3.19. The van der Waals surface area contributed by atoms with E-state index in [1.165, 1.54) is 0 Å². The van der Waals surface area contributed by atoms with E-state index >= 15 is 0 Å². The highest BCUT2D eigenvalue weighted by Crippen LogP contribution is 2.39. The maximum absolute atomic E-state index is 12.1. The molecule has 0 aliphatic carbocycles. The van der Waals surface area contributed by atoms with Crippen LogP contribution in [-0.2, 0) is 11.3 Å². The molecule has 0 spiro atoms. The molecule has 1 aliphatic rings. The number of aromatic nitrogens is 2. The second kappa shape index (κ2) is 4.96. The molecular formula is C15H13N3O2S. The van der Waals surface area contributed by atoms with Crippen molar-refractivity contribution in [3.63, 3.8) is 0 Å². The van der Waals surface area contributed by atoms with Crippen molar-refractivity contribution in [3.8, 4) is 0 Å². The molecule has 1 N–H and O–H groups in total. The molecule has 1 amide bonds. The number of rotatable bonds is 3. The first-order valence-corrected chi connectivity index (χ1v) is 7.74. The van der Waals surface area contributed by atoms with Crippen LogP contribution in [-0.4, -0.2) is 26.5 Å². The fraction of sp³-hybridized carbons (Fsp3) is 0.200. The van der Waals surface area contributed by atoms with Crippen molar-refractivity contribution >= 4 is 28.7 Å². The predicted octanol–water partition coefficient (Wildman–Crippen LogP) is 2.93. The second-order valence-corrected chi connectivity index (χ2v) is 5.97. The molecule has 1 aliphatic heterocycles. The molecule has 1 fully saturated rings. The zero-order valence-corrected chi connectivity index (χ0v) is 12.0. The minimum absolute atomic E-state index is 0.0688. The van der Waals surface area contributed by atoms with Gasteiger partial charge >= 0.3 is 0 Å². The SMILES string of the molecule is O=C1CSC(c2ccco2)N1Cc1nc2ccccc2[nH]1. The lowest BCUT2D eigenvalue weighted by Gasteiger charge is -2.20. The Morgan fingerprint density at radius 2 is 2.24 bits per heavy atom. The molecule has 0 bridgehead atoms. The average molecular weight is 299 g/mol. The monoisotopic (exact) mass is 299 g/mol. The van der Waals surface area contributed by atoms with E-state index in [2.05, 4.69) is 9.97 Å². The van der Waals surface area contributed by atoms with Crippen molar-refractivity contribution in [1.29, 1.82) is 0 Å². The summed E-state index contributed by atoms with van der Waals surface area (Å²) in [5.74, 6) is 2.19. The van der Waals surface area contributed by atoms with Gasteiger partial charge in [-0.3, -0.25) is 4.79 Å². The molecule has 2 aromatic heterocycles. The number of nitrogens with one attached hydrogen (secondary N) is 1. The summed E-state index contributed by atoms with van der Waals surface area (Å²) in [4.78, 5) is 21.7. The first kappa shape index (κ1) is 12.5. The number of imidazole rings is 1. The number of thioether (sulfide) groups is 1. The summed E-state index contributed by atoms with van der Waals surface area (Å²) in [7, 11) is 0. The van der Waals surface area contributed by atoms with Gasteiger partial charge in [-0.1, -0.05) is 12.1 Å². The van der Waals surface area contributed by atoms with Crippen LogP contribution in [0.25, 0.3) is 11.0 Å². The largest absolute Gasteiger partial charge is 0.466 e. The first-order valence-electron chi connectivity index (χ1n) is 6.69. The molecule has 1 aromatic carbocycles. The topological polar surface area (TPSA) is 62.1 Å². The Morgan fingerprint density at radius 1 is 1.33 bits per heavy atom. The van der Waals surface area contributed by atoms with Crippen LogP contribution in [0.5, 0.6) is 0 Å². The van der Waals surface area contributed by atoms with Gasteiger partial charge in [0.1, 0.15) is 17.0 Å². The standard InChI is InChI=1S/C15H13N3O2S/c19-14-9-21-15(12-6-3-7-20-12)18(14)8-13-16-10-4-1-2-5-11(10)17-13/h1-7,15H,8-9H2,(H,16,17). The van der Waals surface area contributed by atoms with Gasteiger partial charge < -0.3 is 14.3 Å². The summed E-state index contributed by atoms with van der Waals surface area (Å²) in [6, 6.07) is 11.6. The maximum atomic E-state index is 12.1. The van der Waals surface area contributed by atoms with Crippen LogP contribution in [0.1, 0.15) is 17.0 Å². The molecule has 0 radical (unpaired) electrons. The van der Waals surface area contributed by atoms with Gasteiger partial charge in [-0.05, 0) is 24.3 Å². The molecule has 6 heteroatoms. The minimum Gasteiger partial charge on any atom is -0.466 e. The summed E-state index contributed by atoms with van der Waals surface area (Å²) in [5.41, 5.74) is 1.91. The third-order valence-corrected chi connectivity index (χ3v) is 4.73. The molecule has 1 atom stereocenters. The summed E-state index contributed by atoms with van der Waals surface area (Å²) >= 11 is 1.58. The summed E-state index contributed by atoms with van der Waals surface area (Å²) in [5, 5.41) is -0.0688. The predicted molar refractivity (Wildman–Crippen MR) is 80.6 cm³/mol. The minimum atomic E-state index is -0.0688. The van der Waals surface area contributed by atoms with E-state index in [4.69, 9.17) is 4.42 Å². The Labute approximate surface area is 125 Å². The molecule has 1 saturated heterocycles. The Morgan fingerprint density at radius 3 is 3.05 bits per heavy atom. The van der Waals surface area contributed by atoms with Gasteiger partial charge in [0.15, 0.2) is 0 Å². The van der Waals surface area contributed by atoms with E-state index in [1.807, 2.05) is 36.4 Å². The van der Waals surface area contributed by atoms with Crippen LogP contribution in [0.15, 0.2) is 47.1 Å². The van der Waals surface area contributed by atoms with Crippen LogP contribution >= 0.6 is 11.8 Å². The summed E-state index contributed by atoms with van der Waals surface area (Å²) < 4.78 is 5.45. The van der Waals surface area contributed by atoms with E-state index in [-0.39, 0.29) is 11.3 Å². The number of aromatic amines is 1. The highest BCUT2D eigenvalue weighted by molar-refractivity contribution is 8.00. The van der Waals surface area contributed by atoms with Gasteiger partial charge in [-0.15, -0.1) is 11.8 Å². The van der Waals surface area contributed by atoms with Crippen LogP contribution in [0, 0.1) is 0 Å². The number of hydrogen-bond donors (Lipinski definition) is 1. The molecule has 4 rings (SSSR count). The third kappa shape index (κ3) is 2.21. The highest BCUT2D eigenvalue weighted by atomic mass is 32.2. The number of benzene rings is 1. The summed E-state index contributed by atoms with van der Waals surface area (Å²) in [6.45, 7) is 0.464. The molecule has 3 heterocycles. The van der Waals surface area contributed by atoms with Crippen molar-refractivity contribution in [2.75, 3.05) is 5.75 Å². The van der Waals surface area contributed by atoms with Crippen molar-refractivity contribution in [2.24, 2.45) is 0 Å². The smallest absolute Gasteiger partial charge is 0.234 e. The number of fused-ring (bicyclic) bond motifs is 1. The van der Waals surface area contributed by atoms with E-state index in [0.717, 1.165) is 22.6 Å².